The van der Waals surface area contributed by atoms with Crippen molar-refractivity contribution in [2.45, 2.75) is 12.8 Å². The van der Waals surface area contributed by atoms with Crippen molar-refractivity contribution < 1.29 is 19.1 Å². The molecule has 0 aliphatic carbocycles. The first kappa shape index (κ1) is 18.8. The average molecular weight is 390 g/mol. The summed E-state index contributed by atoms with van der Waals surface area (Å²) in [6.45, 7) is 0.617. The molecule has 142 valence electrons. The van der Waals surface area contributed by atoms with E-state index >= 15 is 0 Å². The van der Waals surface area contributed by atoms with Crippen molar-refractivity contribution in [2.24, 2.45) is 5.73 Å². The fourth-order valence-electron chi connectivity index (χ4n) is 2.89. The number of aryl methyl sites for hydroxylation is 1. The maximum atomic E-state index is 12.6. The highest BCUT2D eigenvalue weighted by Crippen LogP contribution is 2.36. The molecule has 0 atom stereocenters. The molecule has 1 heterocycles. The largest absolute Gasteiger partial charge is 0.493 e. The summed E-state index contributed by atoms with van der Waals surface area (Å²) in [7, 11) is 1.42. The molecule has 1 aliphatic rings. The summed E-state index contributed by atoms with van der Waals surface area (Å²) < 4.78 is 10.5. The number of methoxy groups -OCH3 is 1. The van der Waals surface area contributed by atoms with E-state index in [-0.39, 0.29) is 29.0 Å². The number of hydrogen-bond donors (Lipinski definition) is 3. The predicted octanol–water partition coefficient (Wildman–Crippen LogP) is 2.82. The monoisotopic (exact) mass is 389 g/mol. The van der Waals surface area contributed by atoms with E-state index in [4.69, 9.17) is 26.8 Å². The van der Waals surface area contributed by atoms with Crippen molar-refractivity contribution in [3.8, 4) is 11.5 Å². The van der Waals surface area contributed by atoms with Gasteiger partial charge < -0.3 is 25.8 Å². The SMILES string of the molecule is COc1cc(C(=O)Nc2ccc3c(c2)CCCN3)cc(Cl)c1OCC(N)=O. The Labute approximate surface area is 161 Å². The fraction of sp³-hybridized carbons (Fsp3) is 0.263. The molecule has 2 aromatic rings. The Kier molecular flexibility index (Phi) is 5.71. The Bertz CT molecular complexity index is 885. The van der Waals surface area contributed by atoms with Crippen LogP contribution in [-0.2, 0) is 11.2 Å². The van der Waals surface area contributed by atoms with Crippen LogP contribution in [0.1, 0.15) is 22.3 Å². The van der Waals surface area contributed by atoms with Crippen LogP contribution in [0.3, 0.4) is 0 Å². The van der Waals surface area contributed by atoms with Gasteiger partial charge in [-0.1, -0.05) is 11.6 Å². The first-order chi connectivity index (χ1) is 13.0. The molecule has 0 radical (unpaired) electrons. The number of carbonyl (C=O) groups excluding carboxylic acids is 2. The van der Waals surface area contributed by atoms with Gasteiger partial charge in [0.05, 0.1) is 12.1 Å². The van der Waals surface area contributed by atoms with Crippen molar-refractivity contribution in [2.75, 3.05) is 30.9 Å². The zero-order valence-electron chi connectivity index (χ0n) is 14.8. The van der Waals surface area contributed by atoms with Crippen LogP contribution in [0, 0.1) is 0 Å². The number of amides is 2. The average Bonchev–Trinajstić information content (AvgIpc) is 2.66. The lowest BCUT2D eigenvalue weighted by atomic mass is 10.0. The first-order valence-electron chi connectivity index (χ1n) is 8.44. The maximum Gasteiger partial charge on any atom is 0.255 e. The van der Waals surface area contributed by atoms with Crippen LogP contribution in [-0.4, -0.2) is 32.1 Å². The molecule has 1 aliphatic heterocycles. The number of anilines is 2. The van der Waals surface area contributed by atoms with E-state index in [9.17, 15) is 9.59 Å². The third kappa shape index (κ3) is 4.43. The van der Waals surface area contributed by atoms with E-state index in [0.717, 1.165) is 25.1 Å². The minimum absolute atomic E-state index is 0.149. The van der Waals surface area contributed by atoms with Crippen molar-refractivity contribution in [1.29, 1.82) is 0 Å². The van der Waals surface area contributed by atoms with Crippen LogP contribution < -0.4 is 25.8 Å². The van der Waals surface area contributed by atoms with Gasteiger partial charge in [0.2, 0.25) is 0 Å². The molecular formula is C19H20ClN3O4. The molecule has 0 unspecified atom stereocenters. The molecule has 0 aromatic heterocycles. The Morgan fingerprint density at radius 3 is 2.85 bits per heavy atom. The zero-order chi connectivity index (χ0) is 19.4. The molecule has 27 heavy (non-hydrogen) atoms. The number of ether oxygens (including phenoxy) is 2. The van der Waals surface area contributed by atoms with E-state index in [1.165, 1.54) is 24.8 Å². The summed E-state index contributed by atoms with van der Waals surface area (Å²) in [5.41, 5.74) is 8.35. The van der Waals surface area contributed by atoms with Crippen molar-refractivity contribution in [1.82, 2.24) is 0 Å². The second kappa shape index (κ2) is 8.18. The number of halogens is 1. The summed E-state index contributed by atoms with van der Waals surface area (Å²) in [4.78, 5) is 23.5. The molecule has 2 aromatic carbocycles. The second-order valence-electron chi connectivity index (χ2n) is 6.10. The van der Waals surface area contributed by atoms with Crippen LogP contribution in [0.15, 0.2) is 30.3 Å². The molecule has 8 heteroatoms. The van der Waals surface area contributed by atoms with E-state index in [1.54, 1.807) is 0 Å². The highest BCUT2D eigenvalue weighted by molar-refractivity contribution is 6.32. The van der Waals surface area contributed by atoms with Crippen LogP contribution in [0.5, 0.6) is 11.5 Å². The van der Waals surface area contributed by atoms with Gasteiger partial charge in [0.1, 0.15) is 0 Å². The van der Waals surface area contributed by atoms with Gasteiger partial charge in [-0.2, -0.15) is 0 Å². The number of primary amides is 1. The van der Waals surface area contributed by atoms with Crippen molar-refractivity contribution >= 4 is 34.8 Å². The number of benzene rings is 2. The quantitative estimate of drug-likeness (QED) is 0.705. The summed E-state index contributed by atoms with van der Waals surface area (Å²) >= 11 is 6.19. The van der Waals surface area contributed by atoms with E-state index in [1.807, 2.05) is 18.2 Å². The second-order valence-corrected chi connectivity index (χ2v) is 6.51. The highest BCUT2D eigenvalue weighted by Gasteiger charge is 2.17. The van der Waals surface area contributed by atoms with Gasteiger partial charge in [-0.3, -0.25) is 9.59 Å². The molecule has 4 N–H and O–H groups in total. The lowest BCUT2D eigenvalue weighted by Crippen LogP contribution is -2.20. The van der Waals surface area contributed by atoms with Crippen LogP contribution >= 0.6 is 11.6 Å². The normalized spacial score (nSPS) is 12.5. The fourth-order valence-corrected chi connectivity index (χ4v) is 3.16. The minimum Gasteiger partial charge on any atom is -0.493 e. The molecule has 3 rings (SSSR count). The van der Waals surface area contributed by atoms with Gasteiger partial charge in [0.15, 0.2) is 18.1 Å². The lowest BCUT2D eigenvalue weighted by molar-refractivity contribution is -0.119. The smallest absolute Gasteiger partial charge is 0.255 e. The standard InChI is InChI=1S/C19H20ClN3O4/c1-26-16-9-12(8-14(20)18(16)27-10-17(21)24)19(25)23-13-4-5-15-11(7-13)3-2-6-22-15/h4-5,7-9,22H,2-3,6,10H2,1H3,(H2,21,24)(H,23,25). The predicted molar refractivity (Wildman–Crippen MR) is 104 cm³/mol. The molecule has 0 fully saturated rings. The van der Waals surface area contributed by atoms with Gasteiger partial charge >= 0.3 is 0 Å². The Balaban J connectivity index is 1.80. The number of rotatable bonds is 6. The highest BCUT2D eigenvalue weighted by atomic mass is 35.5. The minimum atomic E-state index is -0.642. The lowest BCUT2D eigenvalue weighted by Gasteiger charge is -2.19. The third-order valence-electron chi connectivity index (χ3n) is 4.15. The summed E-state index contributed by atoms with van der Waals surface area (Å²) in [6, 6.07) is 8.71. The van der Waals surface area contributed by atoms with Gasteiger partial charge in [-0.05, 0) is 48.7 Å². The van der Waals surface area contributed by atoms with E-state index in [2.05, 4.69) is 10.6 Å². The number of fused-ring (bicyclic) bond motifs is 1. The Hall–Kier alpha value is -2.93. The third-order valence-corrected chi connectivity index (χ3v) is 4.43. The maximum absolute atomic E-state index is 12.6. The van der Waals surface area contributed by atoms with Gasteiger partial charge in [0.25, 0.3) is 11.8 Å². The summed E-state index contributed by atoms with van der Waals surface area (Å²) in [6.07, 6.45) is 2.03. The molecule has 0 bridgehead atoms. The molecule has 0 spiro atoms. The van der Waals surface area contributed by atoms with Gasteiger partial charge in [-0.25, -0.2) is 0 Å². The van der Waals surface area contributed by atoms with E-state index < -0.39 is 5.91 Å². The number of nitrogens with one attached hydrogen (secondary N) is 2. The van der Waals surface area contributed by atoms with Crippen LogP contribution in [0.25, 0.3) is 0 Å². The molecule has 2 amide bonds. The Morgan fingerprint density at radius 2 is 2.11 bits per heavy atom. The summed E-state index contributed by atoms with van der Waals surface area (Å²) in [5, 5.41) is 6.34. The molecule has 0 saturated heterocycles. The Morgan fingerprint density at radius 1 is 1.30 bits per heavy atom. The number of hydrogen-bond acceptors (Lipinski definition) is 5. The molecule has 7 nitrogen and oxygen atoms in total. The van der Waals surface area contributed by atoms with Crippen molar-refractivity contribution in [3.05, 3.63) is 46.5 Å². The molecular weight excluding hydrogens is 370 g/mol. The van der Waals surface area contributed by atoms with Crippen LogP contribution in [0.4, 0.5) is 11.4 Å². The van der Waals surface area contributed by atoms with E-state index in [0.29, 0.717) is 11.3 Å². The number of nitrogens with two attached hydrogens (primary N) is 1. The molecule has 0 saturated carbocycles. The zero-order valence-corrected chi connectivity index (χ0v) is 15.6. The summed E-state index contributed by atoms with van der Waals surface area (Å²) in [5.74, 6) is -0.574. The number of carbonyl (C=O) groups is 2. The van der Waals surface area contributed by atoms with Gasteiger partial charge in [0, 0.05) is 23.5 Å². The van der Waals surface area contributed by atoms with Crippen molar-refractivity contribution in [3.63, 3.8) is 0 Å². The van der Waals surface area contributed by atoms with Crippen LogP contribution in [0.2, 0.25) is 5.02 Å². The first-order valence-corrected chi connectivity index (χ1v) is 8.82. The van der Waals surface area contributed by atoms with Gasteiger partial charge in [-0.15, -0.1) is 0 Å². The topological polar surface area (TPSA) is 103 Å².